The second-order valence-electron chi connectivity index (χ2n) is 9.16. The van der Waals surface area contributed by atoms with Gasteiger partial charge in [-0.2, -0.15) is 5.10 Å². The molecule has 0 saturated heterocycles. The quantitative estimate of drug-likeness (QED) is 0.530. The van der Waals surface area contributed by atoms with Crippen molar-refractivity contribution < 1.29 is 19.2 Å². The number of nitrogens with zero attached hydrogens (tertiary/aromatic N) is 2. The van der Waals surface area contributed by atoms with Crippen LogP contribution in [-0.2, 0) is 14.4 Å². The number of carbonyl (C=O) groups is 3. The number of hydrogen-bond acceptors (Lipinski definition) is 7. The van der Waals surface area contributed by atoms with Crippen molar-refractivity contribution >= 4 is 39.3 Å². The monoisotopic (exact) mass is 475 g/mol. The average molecular weight is 476 g/mol. The van der Waals surface area contributed by atoms with E-state index in [0.717, 1.165) is 59.3 Å². The summed E-state index contributed by atoms with van der Waals surface area (Å²) < 4.78 is 2.16. The molecule has 4 rings (SSSR count). The molecule has 2 fully saturated rings. The van der Waals surface area contributed by atoms with Crippen LogP contribution in [0.15, 0.2) is 6.07 Å². The second kappa shape index (κ2) is 10.6. The minimum Gasteiger partial charge on any atom is -0.371 e. The summed E-state index contributed by atoms with van der Waals surface area (Å²) in [7, 11) is 0. The van der Waals surface area contributed by atoms with E-state index in [0.29, 0.717) is 6.04 Å². The van der Waals surface area contributed by atoms with Crippen LogP contribution in [0, 0.1) is 6.92 Å². The van der Waals surface area contributed by atoms with Crippen molar-refractivity contribution in [3.8, 4) is 0 Å². The Morgan fingerprint density at radius 1 is 1.06 bits per heavy atom. The van der Waals surface area contributed by atoms with E-state index in [2.05, 4.69) is 25.6 Å². The maximum atomic E-state index is 13.0. The highest BCUT2D eigenvalue weighted by molar-refractivity contribution is 7.20. The predicted octanol–water partition coefficient (Wildman–Crippen LogP) is 3.14. The Morgan fingerprint density at radius 2 is 1.73 bits per heavy atom. The number of aryl methyl sites for hydroxylation is 1. The van der Waals surface area contributed by atoms with E-state index in [9.17, 15) is 14.4 Å². The molecule has 180 valence electrons. The number of nitrogens with one attached hydrogen (secondary N) is 3. The van der Waals surface area contributed by atoms with Crippen LogP contribution >= 0.6 is 11.3 Å². The highest BCUT2D eigenvalue weighted by Crippen LogP contribution is 2.35. The van der Waals surface area contributed by atoms with E-state index < -0.39 is 5.97 Å². The molecule has 9 nitrogen and oxygen atoms in total. The van der Waals surface area contributed by atoms with Crippen LogP contribution in [0.2, 0.25) is 0 Å². The Morgan fingerprint density at radius 3 is 2.39 bits per heavy atom. The molecule has 0 aromatic carbocycles. The Labute approximate surface area is 197 Å². The van der Waals surface area contributed by atoms with E-state index in [1.165, 1.54) is 26.2 Å². The number of fused-ring (bicyclic) bond motifs is 1. The van der Waals surface area contributed by atoms with E-state index in [4.69, 9.17) is 5.10 Å². The van der Waals surface area contributed by atoms with Gasteiger partial charge in [0.1, 0.15) is 11.4 Å². The fourth-order valence-electron chi connectivity index (χ4n) is 4.88. The summed E-state index contributed by atoms with van der Waals surface area (Å²) in [5.74, 6) is -0.723. The van der Waals surface area contributed by atoms with E-state index >= 15 is 0 Å². The van der Waals surface area contributed by atoms with Crippen molar-refractivity contribution in [1.29, 1.82) is 0 Å². The molecule has 33 heavy (non-hydrogen) atoms. The molecule has 2 aromatic rings. The molecular formula is C23H33N5O4S. The smallest absolute Gasteiger partial charge is 0.321 e. The standard InChI is InChI=1S/C23H33N5O4S/c1-14-19-12-20(33-23(19)28(27-14)18-6-4-3-5-7-18)22(31)26-17-10-8-16(9-11-17)25-21(30)13-24-32-15(2)29/h12,16-18,24H,3-11,13H2,1-2H3,(H,25,30)(H,26,31)/t16-,17-. The molecule has 0 aliphatic heterocycles. The molecule has 0 unspecified atom stereocenters. The van der Waals surface area contributed by atoms with Gasteiger partial charge in [0.15, 0.2) is 0 Å². The summed E-state index contributed by atoms with van der Waals surface area (Å²) in [6, 6.07) is 2.60. The van der Waals surface area contributed by atoms with Gasteiger partial charge in [0.25, 0.3) is 5.91 Å². The minimum atomic E-state index is -0.487. The molecule has 2 aliphatic carbocycles. The van der Waals surface area contributed by atoms with Gasteiger partial charge in [-0.15, -0.1) is 16.8 Å². The van der Waals surface area contributed by atoms with E-state index in [1.807, 2.05) is 13.0 Å². The molecule has 0 atom stereocenters. The SMILES string of the molecule is CC(=O)ONCC(=O)N[C@H]1CC[C@H](NC(=O)c2cc3c(C)nn(C4CCCCC4)c3s2)CC1. The largest absolute Gasteiger partial charge is 0.371 e. The highest BCUT2D eigenvalue weighted by Gasteiger charge is 2.26. The minimum absolute atomic E-state index is 0.0242. The van der Waals surface area contributed by atoms with Gasteiger partial charge >= 0.3 is 5.97 Å². The lowest BCUT2D eigenvalue weighted by Crippen LogP contribution is -2.45. The molecule has 3 N–H and O–H groups in total. The highest BCUT2D eigenvalue weighted by atomic mass is 32.1. The molecule has 2 aromatic heterocycles. The van der Waals surface area contributed by atoms with Gasteiger partial charge in [0, 0.05) is 24.4 Å². The number of hydrogen-bond donors (Lipinski definition) is 3. The molecule has 2 saturated carbocycles. The zero-order valence-corrected chi connectivity index (χ0v) is 20.1. The molecule has 0 radical (unpaired) electrons. The maximum Gasteiger partial charge on any atom is 0.321 e. The lowest BCUT2D eigenvalue weighted by molar-refractivity contribution is -0.149. The Kier molecular flexibility index (Phi) is 7.64. The maximum absolute atomic E-state index is 13.0. The topological polar surface area (TPSA) is 114 Å². The summed E-state index contributed by atoms with van der Waals surface area (Å²) in [5.41, 5.74) is 3.33. The van der Waals surface area contributed by atoms with Crippen molar-refractivity contribution in [2.24, 2.45) is 0 Å². The van der Waals surface area contributed by atoms with Crippen LogP contribution in [0.5, 0.6) is 0 Å². The van der Waals surface area contributed by atoms with Gasteiger partial charge in [-0.05, 0) is 51.5 Å². The average Bonchev–Trinajstić information content (AvgIpc) is 3.36. The molecule has 2 amide bonds. The summed E-state index contributed by atoms with van der Waals surface area (Å²) in [6.45, 7) is 3.22. The van der Waals surface area contributed by atoms with Crippen LogP contribution in [0.25, 0.3) is 10.2 Å². The summed E-state index contributed by atoms with van der Waals surface area (Å²) >= 11 is 1.54. The summed E-state index contributed by atoms with van der Waals surface area (Å²) in [6.07, 6.45) is 9.34. The number of rotatable bonds is 7. The first-order valence-electron chi connectivity index (χ1n) is 11.9. The lowest BCUT2D eigenvalue weighted by Gasteiger charge is -2.29. The second-order valence-corrected chi connectivity index (χ2v) is 10.2. The van der Waals surface area contributed by atoms with E-state index in [-0.39, 0.29) is 30.4 Å². The van der Waals surface area contributed by atoms with Gasteiger partial charge in [-0.25, -0.2) is 0 Å². The first kappa shape index (κ1) is 23.7. The van der Waals surface area contributed by atoms with Crippen molar-refractivity contribution in [1.82, 2.24) is 25.9 Å². The number of aromatic nitrogens is 2. The number of thiophene rings is 1. The Hall–Kier alpha value is -2.46. The fourth-order valence-corrected chi connectivity index (χ4v) is 6.01. The lowest BCUT2D eigenvalue weighted by atomic mass is 9.91. The van der Waals surface area contributed by atoms with Crippen molar-refractivity contribution in [2.75, 3.05) is 6.54 Å². The van der Waals surface area contributed by atoms with Crippen molar-refractivity contribution in [2.45, 2.75) is 89.8 Å². The van der Waals surface area contributed by atoms with Crippen LogP contribution in [0.1, 0.15) is 86.1 Å². The van der Waals surface area contributed by atoms with Gasteiger partial charge in [-0.1, -0.05) is 19.3 Å². The number of hydroxylamine groups is 1. The molecule has 0 spiro atoms. The van der Waals surface area contributed by atoms with Crippen LogP contribution in [0.3, 0.4) is 0 Å². The van der Waals surface area contributed by atoms with Crippen LogP contribution in [-0.4, -0.2) is 46.2 Å². The summed E-state index contributed by atoms with van der Waals surface area (Å²) in [5, 5.41) is 12.0. The number of amides is 2. The zero-order valence-electron chi connectivity index (χ0n) is 19.3. The molecule has 10 heteroatoms. The van der Waals surface area contributed by atoms with E-state index in [1.54, 1.807) is 11.3 Å². The first-order valence-corrected chi connectivity index (χ1v) is 12.7. The molecule has 2 heterocycles. The first-order chi connectivity index (χ1) is 15.9. The van der Waals surface area contributed by atoms with Crippen molar-refractivity contribution in [3.63, 3.8) is 0 Å². The van der Waals surface area contributed by atoms with Crippen LogP contribution in [0.4, 0.5) is 0 Å². The molecular weight excluding hydrogens is 442 g/mol. The Balaban J connectivity index is 1.28. The molecule has 2 aliphatic rings. The number of carbonyl (C=O) groups excluding carboxylic acids is 3. The normalized spacial score (nSPS) is 21.6. The Bertz CT molecular complexity index is 1000. The van der Waals surface area contributed by atoms with Gasteiger partial charge in [0.05, 0.1) is 16.6 Å². The molecule has 0 bridgehead atoms. The third kappa shape index (κ3) is 5.92. The third-order valence-corrected chi connectivity index (χ3v) is 7.71. The van der Waals surface area contributed by atoms with Crippen LogP contribution < -0.4 is 16.1 Å². The summed E-state index contributed by atoms with van der Waals surface area (Å²) in [4.78, 5) is 42.0. The van der Waals surface area contributed by atoms with Crippen molar-refractivity contribution in [3.05, 3.63) is 16.6 Å². The zero-order chi connectivity index (χ0) is 23.4. The third-order valence-electron chi connectivity index (χ3n) is 6.59. The van der Waals surface area contributed by atoms with Gasteiger partial charge < -0.3 is 15.5 Å². The fraction of sp³-hybridized carbons (Fsp3) is 0.652. The van der Waals surface area contributed by atoms with Gasteiger partial charge in [-0.3, -0.25) is 19.1 Å². The van der Waals surface area contributed by atoms with Gasteiger partial charge in [0.2, 0.25) is 5.91 Å². The predicted molar refractivity (Wildman–Crippen MR) is 126 cm³/mol.